The first-order chi connectivity index (χ1) is 12.6. The number of piperidine rings is 1. The summed E-state index contributed by atoms with van der Waals surface area (Å²) in [5, 5.41) is 9.14. The molecule has 1 saturated heterocycles. The highest BCUT2D eigenvalue weighted by Gasteiger charge is 2.28. The van der Waals surface area contributed by atoms with Crippen LogP contribution in [0.15, 0.2) is 35.5 Å². The molecule has 0 unspecified atom stereocenters. The van der Waals surface area contributed by atoms with Crippen LogP contribution in [-0.2, 0) is 21.4 Å². The van der Waals surface area contributed by atoms with Crippen molar-refractivity contribution in [3.63, 3.8) is 0 Å². The minimum atomic E-state index is -0.181. The predicted molar refractivity (Wildman–Crippen MR) is 98.5 cm³/mol. The average molecular weight is 374 g/mol. The summed E-state index contributed by atoms with van der Waals surface area (Å²) in [6.45, 7) is 1.18. The van der Waals surface area contributed by atoms with E-state index >= 15 is 0 Å². The van der Waals surface area contributed by atoms with E-state index in [0.29, 0.717) is 36.8 Å². The first kappa shape index (κ1) is 18.4. The van der Waals surface area contributed by atoms with Gasteiger partial charge in [0.2, 0.25) is 5.91 Å². The van der Waals surface area contributed by atoms with E-state index in [1.165, 1.54) is 18.9 Å². The lowest BCUT2D eigenvalue weighted by molar-refractivity contribution is -0.148. The summed E-state index contributed by atoms with van der Waals surface area (Å²) in [5.41, 5.74) is 0.991. The summed E-state index contributed by atoms with van der Waals surface area (Å²) >= 11 is 1.38. The molecule has 1 fully saturated rings. The number of carbonyl (C=O) groups excluding carboxylic acids is 2. The standard InChI is InChI=1S/C18H22N4O3S/c1-21-16(13-6-4-3-5-7-13)19-20-18(21)26-12-15(23)22-10-8-14(9-11-22)17(24)25-2/h3-7,14H,8-12H2,1-2H3. The van der Waals surface area contributed by atoms with Gasteiger partial charge in [-0.15, -0.1) is 10.2 Å². The van der Waals surface area contributed by atoms with Gasteiger partial charge in [0.05, 0.1) is 18.8 Å². The Morgan fingerprint density at radius 3 is 2.54 bits per heavy atom. The summed E-state index contributed by atoms with van der Waals surface area (Å²) in [7, 11) is 3.30. The number of aromatic nitrogens is 3. The molecule has 7 nitrogen and oxygen atoms in total. The molecule has 8 heteroatoms. The van der Waals surface area contributed by atoms with Gasteiger partial charge in [-0.2, -0.15) is 0 Å². The number of ether oxygens (including phenoxy) is 1. The van der Waals surface area contributed by atoms with E-state index in [1.807, 2.05) is 41.9 Å². The molecule has 0 bridgehead atoms. The van der Waals surface area contributed by atoms with E-state index in [0.717, 1.165) is 11.4 Å². The molecular formula is C18H22N4O3S. The Labute approximate surface area is 156 Å². The van der Waals surface area contributed by atoms with Gasteiger partial charge in [0.25, 0.3) is 0 Å². The number of hydrogen-bond donors (Lipinski definition) is 0. The monoisotopic (exact) mass is 374 g/mol. The van der Waals surface area contributed by atoms with Gasteiger partial charge >= 0.3 is 5.97 Å². The van der Waals surface area contributed by atoms with Crippen LogP contribution in [-0.4, -0.2) is 57.5 Å². The number of carbonyl (C=O) groups is 2. The highest BCUT2D eigenvalue weighted by molar-refractivity contribution is 7.99. The van der Waals surface area contributed by atoms with Gasteiger partial charge in [-0.3, -0.25) is 9.59 Å². The molecule has 1 aliphatic heterocycles. The molecule has 0 N–H and O–H groups in total. The van der Waals surface area contributed by atoms with Gasteiger partial charge in [-0.25, -0.2) is 0 Å². The number of nitrogens with zero attached hydrogens (tertiary/aromatic N) is 4. The third-order valence-corrected chi connectivity index (χ3v) is 5.58. The lowest BCUT2D eigenvalue weighted by atomic mass is 9.97. The molecule has 1 aromatic heterocycles. The second-order valence-corrected chi connectivity index (χ2v) is 7.14. The van der Waals surface area contributed by atoms with E-state index in [-0.39, 0.29) is 17.8 Å². The van der Waals surface area contributed by atoms with Crippen LogP contribution in [0.5, 0.6) is 0 Å². The molecule has 1 amide bonds. The third-order valence-electron chi connectivity index (χ3n) is 4.57. The van der Waals surface area contributed by atoms with Gasteiger partial charge in [0.15, 0.2) is 11.0 Å². The molecule has 1 aromatic carbocycles. The average Bonchev–Trinajstić information content (AvgIpc) is 3.06. The first-order valence-electron chi connectivity index (χ1n) is 8.53. The van der Waals surface area contributed by atoms with Crippen molar-refractivity contribution in [1.29, 1.82) is 0 Å². The minimum Gasteiger partial charge on any atom is -0.469 e. The summed E-state index contributed by atoms with van der Waals surface area (Å²) < 4.78 is 6.68. The summed E-state index contributed by atoms with van der Waals surface area (Å²) in [5.74, 6) is 0.869. The van der Waals surface area contributed by atoms with E-state index in [4.69, 9.17) is 4.74 Å². The van der Waals surface area contributed by atoms with E-state index in [2.05, 4.69) is 10.2 Å². The Morgan fingerprint density at radius 2 is 1.88 bits per heavy atom. The zero-order chi connectivity index (χ0) is 18.5. The Kier molecular flexibility index (Phi) is 5.92. The SMILES string of the molecule is COC(=O)C1CCN(C(=O)CSc2nnc(-c3ccccc3)n2C)CC1. The molecule has 0 spiro atoms. The highest BCUT2D eigenvalue weighted by Crippen LogP contribution is 2.24. The Balaban J connectivity index is 1.54. The number of thioether (sulfide) groups is 1. The second-order valence-electron chi connectivity index (χ2n) is 6.20. The van der Waals surface area contributed by atoms with Crippen LogP contribution in [0.25, 0.3) is 11.4 Å². The van der Waals surface area contributed by atoms with Crippen molar-refractivity contribution in [1.82, 2.24) is 19.7 Å². The maximum atomic E-state index is 12.4. The molecule has 2 aromatic rings. The zero-order valence-corrected chi connectivity index (χ0v) is 15.7. The van der Waals surface area contributed by atoms with Crippen molar-refractivity contribution in [2.24, 2.45) is 13.0 Å². The quantitative estimate of drug-likeness (QED) is 0.588. The Bertz CT molecular complexity index is 770. The lowest BCUT2D eigenvalue weighted by Gasteiger charge is -2.30. The second kappa shape index (κ2) is 8.35. The number of methoxy groups -OCH3 is 1. The smallest absolute Gasteiger partial charge is 0.308 e. The fourth-order valence-corrected chi connectivity index (χ4v) is 3.84. The summed E-state index contributed by atoms with van der Waals surface area (Å²) in [4.78, 5) is 25.8. The number of hydrogen-bond acceptors (Lipinski definition) is 6. The van der Waals surface area contributed by atoms with Crippen LogP contribution >= 0.6 is 11.8 Å². The van der Waals surface area contributed by atoms with E-state index in [9.17, 15) is 9.59 Å². The van der Waals surface area contributed by atoms with E-state index in [1.54, 1.807) is 4.90 Å². The molecule has 2 heterocycles. The molecule has 26 heavy (non-hydrogen) atoms. The Morgan fingerprint density at radius 1 is 1.19 bits per heavy atom. The lowest BCUT2D eigenvalue weighted by Crippen LogP contribution is -2.41. The molecule has 0 aliphatic carbocycles. The van der Waals surface area contributed by atoms with Crippen molar-refractivity contribution < 1.29 is 14.3 Å². The van der Waals surface area contributed by atoms with Crippen LogP contribution < -0.4 is 0 Å². The molecule has 0 saturated carbocycles. The summed E-state index contributed by atoms with van der Waals surface area (Å²) in [6, 6.07) is 9.83. The Hall–Kier alpha value is -2.35. The topological polar surface area (TPSA) is 77.3 Å². The summed E-state index contributed by atoms with van der Waals surface area (Å²) in [6.07, 6.45) is 1.32. The largest absolute Gasteiger partial charge is 0.469 e. The van der Waals surface area contributed by atoms with Gasteiger partial charge in [-0.05, 0) is 12.8 Å². The molecule has 138 valence electrons. The van der Waals surface area contributed by atoms with Crippen LogP contribution in [0, 0.1) is 5.92 Å². The first-order valence-corrected chi connectivity index (χ1v) is 9.52. The van der Waals surface area contributed by atoms with Crippen LogP contribution in [0.3, 0.4) is 0 Å². The van der Waals surface area contributed by atoms with Gasteiger partial charge in [0, 0.05) is 25.7 Å². The molecule has 0 radical (unpaired) electrons. The van der Waals surface area contributed by atoms with Gasteiger partial charge in [-0.1, -0.05) is 42.1 Å². The minimum absolute atomic E-state index is 0.0579. The van der Waals surface area contributed by atoms with Crippen molar-refractivity contribution in [3.05, 3.63) is 30.3 Å². The van der Waals surface area contributed by atoms with Crippen molar-refractivity contribution in [3.8, 4) is 11.4 Å². The number of amides is 1. The van der Waals surface area contributed by atoms with Gasteiger partial charge in [0.1, 0.15) is 0 Å². The van der Waals surface area contributed by atoms with Crippen molar-refractivity contribution >= 4 is 23.6 Å². The number of rotatable bonds is 5. The van der Waals surface area contributed by atoms with Crippen LogP contribution in [0.4, 0.5) is 0 Å². The maximum absolute atomic E-state index is 12.4. The molecule has 3 rings (SSSR count). The molecular weight excluding hydrogens is 352 g/mol. The predicted octanol–water partition coefficient (Wildman–Crippen LogP) is 1.99. The fraction of sp³-hybridized carbons (Fsp3) is 0.444. The number of benzene rings is 1. The molecule has 1 aliphatic rings. The normalized spacial score (nSPS) is 15.1. The van der Waals surface area contributed by atoms with E-state index < -0.39 is 0 Å². The molecule has 0 atom stereocenters. The zero-order valence-electron chi connectivity index (χ0n) is 14.9. The van der Waals surface area contributed by atoms with Gasteiger partial charge < -0.3 is 14.2 Å². The van der Waals surface area contributed by atoms with Crippen molar-refractivity contribution in [2.45, 2.75) is 18.0 Å². The van der Waals surface area contributed by atoms with Crippen LogP contribution in [0.2, 0.25) is 0 Å². The highest BCUT2D eigenvalue weighted by atomic mass is 32.2. The third kappa shape index (κ3) is 4.07. The fourth-order valence-electron chi connectivity index (χ4n) is 3.03. The van der Waals surface area contributed by atoms with Crippen LogP contribution in [0.1, 0.15) is 12.8 Å². The van der Waals surface area contributed by atoms with Crippen molar-refractivity contribution in [2.75, 3.05) is 26.0 Å². The maximum Gasteiger partial charge on any atom is 0.308 e. The number of likely N-dealkylation sites (tertiary alicyclic amines) is 1. The number of esters is 1.